The molecule has 0 aromatic heterocycles. The van der Waals surface area contributed by atoms with Crippen molar-refractivity contribution < 1.29 is 9.84 Å². The number of fused-ring (bicyclic) bond motifs is 4. The fraction of sp³-hybridized carbons (Fsp3) is 0.115. The van der Waals surface area contributed by atoms with Gasteiger partial charge in [-0.1, -0.05) is 63.9 Å². The Labute approximate surface area is 198 Å². The van der Waals surface area contributed by atoms with Crippen molar-refractivity contribution in [1.82, 2.24) is 5.01 Å². The minimum Gasteiger partial charge on any atom is -0.507 e. The molecule has 2 heterocycles. The van der Waals surface area contributed by atoms with Crippen molar-refractivity contribution >= 4 is 44.0 Å². The van der Waals surface area contributed by atoms with Gasteiger partial charge in [0.1, 0.15) is 11.5 Å². The molecular weight excluding hydrogens is 488 g/mol. The van der Waals surface area contributed by atoms with Crippen LogP contribution in [0.4, 0.5) is 0 Å². The summed E-state index contributed by atoms with van der Waals surface area (Å²) in [7, 11) is 0. The van der Waals surface area contributed by atoms with Gasteiger partial charge in [-0.2, -0.15) is 5.10 Å². The summed E-state index contributed by atoms with van der Waals surface area (Å²) < 4.78 is 7.22. The molecule has 0 bridgehead atoms. The molecular formula is C26H18BrClN2O2. The zero-order valence-corrected chi connectivity index (χ0v) is 19.2. The molecule has 0 aliphatic carbocycles. The van der Waals surface area contributed by atoms with Gasteiger partial charge in [-0.05, 0) is 58.8 Å². The van der Waals surface area contributed by atoms with Crippen molar-refractivity contribution in [2.75, 3.05) is 0 Å². The third kappa shape index (κ3) is 3.24. The van der Waals surface area contributed by atoms with E-state index in [1.54, 1.807) is 12.1 Å². The smallest absolute Gasteiger partial charge is 0.217 e. The largest absolute Gasteiger partial charge is 0.507 e. The van der Waals surface area contributed by atoms with Crippen molar-refractivity contribution in [1.29, 1.82) is 0 Å². The van der Waals surface area contributed by atoms with Crippen molar-refractivity contribution in [3.63, 3.8) is 0 Å². The van der Waals surface area contributed by atoms with Crippen LogP contribution in [0.1, 0.15) is 35.4 Å². The number of hydrazone groups is 1. The van der Waals surface area contributed by atoms with E-state index in [9.17, 15) is 5.11 Å². The molecule has 0 radical (unpaired) electrons. The summed E-state index contributed by atoms with van der Waals surface area (Å²) in [5.74, 6) is 0.929. The number of phenolic OH excluding ortho intramolecular Hbond substituents is 1. The number of phenols is 1. The zero-order valence-electron chi connectivity index (χ0n) is 16.9. The summed E-state index contributed by atoms with van der Waals surface area (Å²) in [6.07, 6.45) is 0.171. The van der Waals surface area contributed by atoms with Gasteiger partial charge >= 0.3 is 0 Å². The second kappa shape index (κ2) is 7.54. The summed E-state index contributed by atoms with van der Waals surface area (Å²) in [5.41, 5.74) is 3.73. The fourth-order valence-corrected chi connectivity index (χ4v) is 5.09. The minimum atomic E-state index is -0.552. The molecule has 2 aliphatic heterocycles. The first-order valence-corrected chi connectivity index (χ1v) is 11.5. The Bertz CT molecular complexity index is 1400. The average Bonchev–Trinajstić information content (AvgIpc) is 3.26. The first-order chi connectivity index (χ1) is 15.6. The maximum absolute atomic E-state index is 10.6. The van der Waals surface area contributed by atoms with Gasteiger partial charge in [-0.15, -0.1) is 0 Å². The number of ether oxygens (including phenoxy) is 1. The van der Waals surface area contributed by atoms with Gasteiger partial charge in [0.15, 0.2) is 0 Å². The molecule has 0 amide bonds. The standard InChI is InChI=1S/C26H18BrClN2O2/c27-18-7-9-24(31)21(12-18)26-30-23(20-13-19(28)8-10-25(20)32-26)14-22(29-30)17-6-5-15-3-1-2-4-16(15)11-17/h1-13,23,26,31H,14H2/t23-,26+/m1/s1. The van der Waals surface area contributed by atoms with Gasteiger partial charge in [0.05, 0.1) is 17.3 Å². The van der Waals surface area contributed by atoms with Crippen LogP contribution < -0.4 is 4.74 Å². The van der Waals surface area contributed by atoms with Crippen molar-refractivity contribution in [3.05, 3.63) is 105 Å². The number of hydrogen-bond donors (Lipinski definition) is 1. The molecule has 4 aromatic rings. The molecule has 158 valence electrons. The van der Waals surface area contributed by atoms with Gasteiger partial charge in [-0.25, -0.2) is 5.01 Å². The number of rotatable bonds is 2. The van der Waals surface area contributed by atoms with Crippen molar-refractivity contribution in [2.45, 2.75) is 18.7 Å². The molecule has 0 saturated heterocycles. The van der Waals surface area contributed by atoms with E-state index in [0.29, 0.717) is 10.6 Å². The fourth-order valence-electron chi connectivity index (χ4n) is 4.53. The van der Waals surface area contributed by atoms with Gasteiger partial charge in [0.25, 0.3) is 0 Å². The Morgan fingerprint density at radius 3 is 2.66 bits per heavy atom. The highest BCUT2D eigenvalue weighted by Gasteiger charge is 2.42. The molecule has 0 saturated carbocycles. The van der Waals surface area contributed by atoms with Gasteiger partial charge in [0, 0.05) is 21.5 Å². The highest BCUT2D eigenvalue weighted by Crippen LogP contribution is 2.49. The van der Waals surface area contributed by atoms with Crippen LogP contribution in [-0.2, 0) is 0 Å². The predicted molar refractivity (Wildman–Crippen MR) is 130 cm³/mol. The van der Waals surface area contributed by atoms with Gasteiger partial charge in [-0.3, -0.25) is 0 Å². The van der Waals surface area contributed by atoms with E-state index < -0.39 is 6.23 Å². The first-order valence-electron chi connectivity index (χ1n) is 10.4. The maximum atomic E-state index is 10.6. The summed E-state index contributed by atoms with van der Waals surface area (Å²) in [6, 6.07) is 25.7. The third-order valence-electron chi connectivity index (χ3n) is 6.09. The van der Waals surface area contributed by atoms with Crippen LogP contribution in [-0.4, -0.2) is 15.8 Å². The molecule has 2 atom stereocenters. The van der Waals surface area contributed by atoms with Crippen molar-refractivity contribution in [2.24, 2.45) is 5.10 Å². The lowest BCUT2D eigenvalue weighted by atomic mass is 9.95. The number of hydrogen-bond acceptors (Lipinski definition) is 4. The molecule has 1 N–H and O–H groups in total. The quantitative estimate of drug-likeness (QED) is 0.313. The van der Waals surface area contributed by atoms with Crippen LogP contribution >= 0.6 is 27.5 Å². The van der Waals surface area contributed by atoms with E-state index in [2.05, 4.69) is 46.3 Å². The Morgan fingerprint density at radius 1 is 0.938 bits per heavy atom. The summed E-state index contributed by atoms with van der Waals surface area (Å²) in [4.78, 5) is 0. The zero-order chi connectivity index (χ0) is 21.8. The van der Waals surface area contributed by atoms with E-state index in [1.807, 2.05) is 41.4 Å². The number of nitrogens with zero attached hydrogens (tertiary/aromatic N) is 2. The van der Waals surface area contributed by atoms with Crippen LogP contribution in [0, 0.1) is 0 Å². The lowest BCUT2D eigenvalue weighted by Crippen LogP contribution is -2.33. The molecule has 32 heavy (non-hydrogen) atoms. The lowest BCUT2D eigenvalue weighted by Gasteiger charge is -2.38. The van der Waals surface area contributed by atoms with Crippen LogP contribution in [0.15, 0.2) is 88.4 Å². The number of aromatic hydroxyl groups is 1. The second-order valence-corrected chi connectivity index (χ2v) is 9.42. The van der Waals surface area contributed by atoms with E-state index in [4.69, 9.17) is 21.4 Å². The topological polar surface area (TPSA) is 45.1 Å². The summed E-state index contributed by atoms with van der Waals surface area (Å²) in [6.45, 7) is 0. The molecule has 6 rings (SSSR count). The van der Waals surface area contributed by atoms with Crippen LogP contribution in [0.2, 0.25) is 5.02 Å². The summed E-state index contributed by atoms with van der Waals surface area (Å²) >= 11 is 9.84. The Hall–Kier alpha value is -3.02. The maximum Gasteiger partial charge on any atom is 0.217 e. The first kappa shape index (κ1) is 19.6. The number of halogens is 2. The van der Waals surface area contributed by atoms with Gasteiger partial charge < -0.3 is 9.84 Å². The average molecular weight is 506 g/mol. The lowest BCUT2D eigenvalue weighted by molar-refractivity contribution is -0.0203. The molecule has 4 nitrogen and oxygen atoms in total. The van der Waals surface area contributed by atoms with Crippen LogP contribution in [0.25, 0.3) is 10.8 Å². The molecule has 6 heteroatoms. The summed E-state index contributed by atoms with van der Waals surface area (Å²) in [5, 5.41) is 20.6. The van der Waals surface area contributed by atoms with E-state index in [0.717, 1.165) is 33.5 Å². The predicted octanol–water partition coefficient (Wildman–Crippen LogP) is 7.20. The SMILES string of the molecule is Oc1ccc(Br)cc1[C@@H]1Oc2ccc(Cl)cc2[C@H]2CC(c3ccc4ccccc4c3)=NN21. The van der Waals surface area contributed by atoms with Crippen molar-refractivity contribution in [3.8, 4) is 11.5 Å². The van der Waals surface area contributed by atoms with E-state index in [-0.39, 0.29) is 11.8 Å². The Morgan fingerprint density at radius 2 is 1.78 bits per heavy atom. The third-order valence-corrected chi connectivity index (χ3v) is 6.82. The van der Waals surface area contributed by atoms with Gasteiger partial charge in [0.2, 0.25) is 6.23 Å². The Balaban J connectivity index is 1.48. The monoisotopic (exact) mass is 504 g/mol. The highest BCUT2D eigenvalue weighted by atomic mass is 79.9. The second-order valence-electron chi connectivity index (χ2n) is 8.06. The normalized spacial score (nSPS) is 19.3. The molecule has 0 spiro atoms. The molecule has 0 unspecified atom stereocenters. The van der Waals surface area contributed by atoms with Crippen LogP contribution in [0.5, 0.6) is 11.5 Å². The molecule has 2 aliphatic rings. The highest BCUT2D eigenvalue weighted by molar-refractivity contribution is 9.10. The minimum absolute atomic E-state index is 0.0395. The molecule has 4 aromatic carbocycles. The molecule has 0 fully saturated rings. The van der Waals surface area contributed by atoms with E-state index >= 15 is 0 Å². The van der Waals surface area contributed by atoms with Crippen LogP contribution in [0.3, 0.4) is 0 Å². The van der Waals surface area contributed by atoms with E-state index in [1.165, 1.54) is 10.8 Å². The Kier molecular flexibility index (Phi) is 4.63. The number of benzene rings is 4.